The lowest BCUT2D eigenvalue weighted by molar-refractivity contribution is -0.142. The second kappa shape index (κ2) is 6.92. The summed E-state index contributed by atoms with van der Waals surface area (Å²) in [4.78, 5) is 22.6. The van der Waals surface area contributed by atoms with Crippen molar-refractivity contribution in [3.05, 3.63) is 52.9 Å². The predicted molar refractivity (Wildman–Crippen MR) is 91.8 cm³/mol. The van der Waals surface area contributed by atoms with Crippen LogP contribution < -0.4 is 5.32 Å². The molecule has 124 valence electrons. The van der Waals surface area contributed by atoms with Crippen LogP contribution in [0.5, 0.6) is 0 Å². The summed E-state index contributed by atoms with van der Waals surface area (Å²) in [6.45, 7) is 2.30. The van der Waals surface area contributed by atoms with E-state index in [0.29, 0.717) is 17.9 Å². The Labute approximate surface area is 142 Å². The van der Waals surface area contributed by atoms with Crippen LogP contribution in [0.2, 0.25) is 0 Å². The van der Waals surface area contributed by atoms with Crippen LogP contribution in [-0.2, 0) is 9.53 Å². The van der Waals surface area contributed by atoms with Crippen LogP contribution in [0.25, 0.3) is 10.2 Å². The molecule has 1 unspecified atom stereocenters. The highest BCUT2D eigenvalue weighted by molar-refractivity contribution is 7.18. The zero-order valence-electron chi connectivity index (χ0n) is 13.2. The third kappa shape index (κ3) is 3.35. The minimum atomic E-state index is -0.555. The number of carbonyl (C=O) groups excluding carboxylic acids is 1. The number of aryl methyl sites for hydroxylation is 1. The highest BCUT2D eigenvalue weighted by Crippen LogP contribution is 2.28. The van der Waals surface area contributed by atoms with Crippen molar-refractivity contribution in [1.82, 2.24) is 9.97 Å². The van der Waals surface area contributed by atoms with Crippen molar-refractivity contribution in [2.75, 3.05) is 19.0 Å². The number of carbonyl (C=O) groups is 1. The first-order chi connectivity index (χ1) is 11.6. The lowest BCUT2D eigenvalue weighted by Gasteiger charge is -2.16. The van der Waals surface area contributed by atoms with Gasteiger partial charge in [0.1, 0.15) is 22.8 Å². The fourth-order valence-electron chi connectivity index (χ4n) is 2.49. The number of fused-ring (bicyclic) bond motifs is 1. The van der Waals surface area contributed by atoms with Gasteiger partial charge in [0, 0.05) is 11.4 Å². The molecule has 0 saturated carbocycles. The quantitative estimate of drug-likeness (QED) is 0.717. The summed E-state index contributed by atoms with van der Waals surface area (Å²) in [6, 6.07) is 7.84. The fraction of sp³-hybridized carbons (Fsp3) is 0.235. The molecule has 24 heavy (non-hydrogen) atoms. The Kier molecular flexibility index (Phi) is 4.71. The summed E-state index contributed by atoms with van der Waals surface area (Å²) in [5.74, 6) is -0.622. The SMILES string of the molecule is COC(=O)C(CNc1ncnc2sc(C)cc12)c1ccc(F)cc1. The molecular formula is C17H16FN3O2S. The average Bonchev–Trinajstić information content (AvgIpc) is 2.97. The highest BCUT2D eigenvalue weighted by atomic mass is 32.1. The first kappa shape index (κ1) is 16.3. The minimum Gasteiger partial charge on any atom is -0.468 e. The first-order valence-corrected chi connectivity index (χ1v) is 8.18. The van der Waals surface area contributed by atoms with Gasteiger partial charge in [0.15, 0.2) is 0 Å². The number of hydrogen-bond acceptors (Lipinski definition) is 6. The molecule has 7 heteroatoms. The number of anilines is 1. The molecule has 0 bridgehead atoms. The van der Waals surface area contributed by atoms with Crippen LogP contribution >= 0.6 is 11.3 Å². The van der Waals surface area contributed by atoms with E-state index in [9.17, 15) is 9.18 Å². The van der Waals surface area contributed by atoms with E-state index in [0.717, 1.165) is 15.1 Å². The molecule has 0 aliphatic rings. The lowest BCUT2D eigenvalue weighted by Crippen LogP contribution is -2.23. The van der Waals surface area contributed by atoms with Gasteiger partial charge < -0.3 is 10.1 Å². The summed E-state index contributed by atoms with van der Waals surface area (Å²) >= 11 is 1.58. The van der Waals surface area contributed by atoms with E-state index in [1.54, 1.807) is 23.5 Å². The Morgan fingerprint density at radius 3 is 2.79 bits per heavy atom. The minimum absolute atomic E-state index is 0.291. The number of ether oxygens (including phenoxy) is 1. The van der Waals surface area contributed by atoms with Crippen LogP contribution in [0.15, 0.2) is 36.7 Å². The molecule has 5 nitrogen and oxygen atoms in total. The first-order valence-electron chi connectivity index (χ1n) is 7.37. The zero-order valence-corrected chi connectivity index (χ0v) is 14.1. The number of aromatic nitrogens is 2. The van der Waals surface area contributed by atoms with Gasteiger partial charge in [0.2, 0.25) is 0 Å². The number of rotatable bonds is 5. The second-order valence-electron chi connectivity index (χ2n) is 5.31. The van der Waals surface area contributed by atoms with Gasteiger partial charge in [-0.15, -0.1) is 11.3 Å². The van der Waals surface area contributed by atoms with Crippen LogP contribution in [0, 0.1) is 12.7 Å². The van der Waals surface area contributed by atoms with Crippen molar-refractivity contribution in [1.29, 1.82) is 0 Å². The third-order valence-electron chi connectivity index (χ3n) is 3.68. The molecule has 0 spiro atoms. The lowest BCUT2D eigenvalue weighted by atomic mass is 9.99. The van der Waals surface area contributed by atoms with Gasteiger partial charge >= 0.3 is 5.97 Å². The number of esters is 1. The Morgan fingerprint density at radius 2 is 2.08 bits per heavy atom. The average molecular weight is 345 g/mol. The van der Waals surface area contributed by atoms with Gasteiger partial charge in [0.25, 0.3) is 0 Å². The maximum atomic E-state index is 13.1. The van der Waals surface area contributed by atoms with Gasteiger partial charge in [-0.2, -0.15) is 0 Å². The number of thiophene rings is 1. The Balaban J connectivity index is 1.85. The largest absolute Gasteiger partial charge is 0.468 e. The number of methoxy groups -OCH3 is 1. The molecule has 1 aromatic carbocycles. The summed E-state index contributed by atoms with van der Waals surface area (Å²) < 4.78 is 18.0. The topological polar surface area (TPSA) is 64.1 Å². The van der Waals surface area contributed by atoms with E-state index in [-0.39, 0.29) is 11.8 Å². The van der Waals surface area contributed by atoms with Crippen molar-refractivity contribution in [2.45, 2.75) is 12.8 Å². The fourth-order valence-corrected chi connectivity index (χ4v) is 3.34. The molecular weight excluding hydrogens is 329 g/mol. The maximum Gasteiger partial charge on any atom is 0.314 e. The van der Waals surface area contributed by atoms with Crippen molar-refractivity contribution >= 4 is 33.3 Å². The van der Waals surface area contributed by atoms with Gasteiger partial charge in [-0.3, -0.25) is 4.79 Å². The number of nitrogens with zero attached hydrogens (tertiary/aromatic N) is 2. The van der Waals surface area contributed by atoms with Crippen molar-refractivity contribution < 1.29 is 13.9 Å². The summed E-state index contributed by atoms with van der Waals surface area (Å²) in [5, 5.41) is 4.11. The molecule has 1 atom stereocenters. The predicted octanol–water partition coefficient (Wildman–Crippen LogP) is 3.51. The standard InChI is InChI=1S/C17H16FN3O2S/c1-10-7-13-15(20-9-21-16(13)24-10)19-8-14(17(22)23-2)11-3-5-12(18)6-4-11/h3-7,9,14H,8H2,1-2H3,(H,19,20,21). The van der Waals surface area contributed by atoms with E-state index in [4.69, 9.17) is 4.74 Å². The summed E-state index contributed by atoms with van der Waals surface area (Å²) in [7, 11) is 1.34. The van der Waals surface area contributed by atoms with Crippen molar-refractivity contribution in [3.8, 4) is 0 Å². The molecule has 2 aromatic heterocycles. The molecule has 0 aliphatic heterocycles. The van der Waals surface area contributed by atoms with Crippen molar-refractivity contribution in [2.24, 2.45) is 0 Å². The number of benzene rings is 1. The number of nitrogens with one attached hydrogen (secondary N) is 1. The van der Waals surface area contributed by atoms with Gasteiger partial charge in [0.05, 0.1) is 18.4 Å². The van der Waals surface area contributed by atoms with Crippen LogP contribution in [0.3, 0.4) is 0 Å². The normalized spacial score (nSPS) is 12.1. The van der Waals surface area contributed by atoms with Gasteiger partial charge in [-0.05, 0) is 30.7 Å². The molecule has 3 rings (SSSR count). The van der Waals surface area contributed by atoms with E-state index >= 15 is 0 Å². The number of halogens is 1. The Hall–Kier alpha value is -2.54. The highest BCUT2D eigenvalue weighted by Gasteiger charge is 2.22. The monoisotopic (exact) mass is 345 g/mol. The molecule has 0 amide bonds. The van der Waals surface area contributed by atoms with Gasteiger partial charge in [-0.25, -0.2) is 14.4 Å². The summed E-state index contributed by atoms with van der Waals surface area (Å²) in [5.41, 5.74) is 0.683. The van der Waals surface area contributed by atoms with Gasteiger partial charge in [-0.1, -0.05) is 12.1 Å². The molecule has 2 heterocycles. The molecule has 3 aromatic rings. The van der Waals surface area contributed by atoms with Crippen LogP contribution in [0.4, 0.5) is 10.2 Å². The number of hydrogen-bond donors (Lipinski definition) is 1. The molecule has 0 saturated heterocycles. The van der Waals surface area contributed by atoms with Crippen LogP contribution in [-0.4, -0.2) is 29.6 Å². The van der Waals surface area contributed by atoms with E-state index in [1.165, 1.54) is 25.6 Å². The van der Waals surface area contributed by atoms with Crippen LogP contribution in [0.1, 0.15) is 16.4 Å². The maximum absolute atomic E-state index is 13.1. The molecule has 0 fully saturated rings. The van der Waals surface area contributed by atoms with E-state index < -0.39 is 5.92 Å². The van der Waals surface area contributed by atoms with Crippen molar-refractivity contribution in [3.63, 3.8) is 0 Å². The summed E-state index contributed by atoms with van der Waals surface area (Å²) in [6.07, 6.45) is 1.49. The van der Waals surface area contributed by atoms with E-state index in [1.807, 2.05) is 13.0 Å². The zero-order chi connectivity index (χ0) is 17.1. The molecule has 0 radical (unpaired) electrons. The van der Waals surface area contributed by atoms with E-state index in [2.05, 4.69) is 15.3 Å². The Bertz CT molecular complexity index is 864. The molecule has 1 N–H and O–H groups in total. The second-order valence-corrected chi connectivity index (χ2v) is 6.54. The Morgan fingerprint density at radius 1 is 1.33 bits per heavy atom. The molecule has 0 aliphatic carbocycles. The smallest absolute Gasteiger partial charge is 0.314 e. The third-order valence-corrected chi connectivity index (χ3v) is 4.64.